The minimum atomic E-state index is -4.60. The Balaban J connectivity index is 0.00000306. The van der Waals surface area contributed by atoms with Crippen molar-refractivity contribution in [1.82, 2.24) is 4.57 Å². The van der Waals surface area contributed by atoms with Gasteiger partial charge in [-0.2, -0.15) is 13.2 Å². The molecule has 0 saturated carbocycles. The minimum absolute atomic E-state index is 0. The molecule has 1 amide bonds. The second kappa shape index (κ2) is 9.43. The predicted molar refractivity (Wildman–Crippen MR) is 112 cm³/mol. The molecule has 33 heavy (non-hydrogen) atoms. The number of hydrogen-bond acceptors (Lipinski definition) is 3. The van der Waals surface area contributed by atoms with Crippen LogP contribution < -0.4 is 40.0 Å². The Hall–Kier alpha value is -3.07. The number of carbonyl (C=O) groups excluding carboxylic acids is 2. The Morgan fingerprint density at radius 2 is 1.64 bits per heavy atom. The number of carbonyl (C=O) groups is 2. The first-order chi connectivity index (χ1) is 15.1. The molecular formula is C24H16F3N2NaO3. The first-order valence-electron chi connectivity index (χ1n) is 9.54. The summed E-state index contributed by atoms with van der Waals surface area (Å²) < 4.78 is 41.3. The topological polar surface area (TPSA) is 74.2 Å². The van der Waals surface area contributed by atoms with E-state index in [1.807, 2.05) is 0 Å². The molecule has 0 fully saturated rings. The smallest absolute Gasteiger partial charge is 0.543 e. The third-order valence-electron chi connectivity index (χ3n) is 5.19. The number of nitrogens with one attached hydrogen (secondary N) is 1. The van der Waals surface area contributed by atoms with E-state index in [0.29, 0.717) is 27.7 Å². The molecule has 4 rings (SSSR count). The number of benzene rings is 3. The fourth-order valence-corrected chi connectivity index (χ4v) is 3.60. The monoisotopic (exact) mass is 460 g/mol. The van der Waals surface area contributed by atoms with Crippen LogP contribution in [0.4, 0.5) is 18.9 Å². The van der Waals surface area contributed by atoms with Gasteiger partial charge in [-0.1, -0.05) is 36.4 Å². The summed E-state index contributed by atoms with van der Waals surface area (Å²) in [6.07, 6.45) is -4.60. The molecule has 0 bridgehead atoms. The Morgan fingerprint density at radius 1 is 0.939 bits per heavy atom. The van der Waals surface area contributed by atoms with Gasteiger partial charge >= 0.3 is 35.7 Å². The van der Waals surface area contributed by atoms with Crippen LogP contribution in [-0.2, 0) is 13.2 Å². The van der Waals surface area contributed by atoms with Gasteiger partial charge in [0.05, 0.1) is 17.2 Å². The van der Waals surface area contributed by atoms with Gasteiger partial charge in [0.25, 0.3) is 5.91 Å². The van der Waals surface area contributed by atoms with Crippen molar-refractivity contribution in [3.8, 4) is 11.1 Å². The summed E-state index contributed by atoms with van der Waals surface area (Å²) in [6.45, 7) is 0. The number of carboxylic acids is 1. The second-order valence-electron chi connectivity index (χ2n) is 7.23. The Labute approximate surface area is 209 Å². The van der Waals surface area contributed by atoms with E-state index in [9.17, 15) is 27.9 Å². The number of rotatable bonds is 4. The van der Waals surface area contributed by atoms with Crippen LogP contribution in [0.3, 0.4) is 0 Å². The fourth-order valence-electron chi connectivity index (χ4n) is 3.60. The molecule has 0 unspecified atom stereocenters. The van der Waals surface area contributed by atoms with Crippen molar-refractivity contribution in [2.24, 2.45) is 7.05 Å². The number of aryl methyl sites for hydroxylation is 1. The van der Waals surface area contributed by atoms with Crippen LogP contribution in [-0.4, -0.2) is 16.4 Å². The number of hydrogen-bond donors (Lipinski definition) is 1. The summed E-state index contributed by atoms with van der Waals surface area (Å²) in [5.41, 5.74) is 0.780. The average molecular weight is 460 g/mol. The van der Waals surface area contributed by atoms with Gasteiger partial charge in [0.15, 0.2) is 0 Å². The van der Waals surface area contributed by atoms with Crippen LogP contribution in [0.25, 0.3) is 22.0 Å². The molecular weight excluding hydrogens is 444 g/mol. The van der Waals surface area contributed by atoms with Crippen LogP contribution in [0.5, 0.6) is 0 Å². The van der Waals surface area contributed by atoms with Gasteiger partial charge in [0.1, 0.15) is 0 Å². The van der Waals surface area contributed by atoms with Crippen molar-refractivity contribution < 1.29 is 57.4 Å². The zero-order valence-electron chi connectivity index (χ0n) is 17.7. The SMILES string of the molecule is Cn1c(C(=O)[O-])cc2cc(NC(=O)c3cc(C(F)(F)F)ccc3-c3ccccc3)ccc21.[Na+]. The number of fused-ring (bicyclic) bond motifs is 1. The molecule has 1 heterocycles. The molecule has 0 saturated heterocycles. The van der Waals surface area contributed by atoms with E-state index in [4.69, 9.17) is 0 Å². The standard InChI is InChI=1S/C24H17F3N2O3.Na/c1-29-20-10-8-17(11-15(20)12-21(29)23(31)32)28-22(30)19-13-16(24(25,26)27)7-9-18(19)14-5-3-2-4-6-14;/h2-13H,1H3,(H,28,30)(H,31,32);/q;+1/p-1. The molecule has 162 valence electrons. The average Bonchev–Trinajstić information content (AvgIpc) is 3.09. The maximum Gasteiger partial charge on any atom is 1.00 e. The number of anilines is 1. The van der Waals surface area contributed by atoms with Gasteiger partial charge < -0.3 is 19.8 Å². The molecule has 0 aliphatic carbocycles. The van der Waals surface area contributed by atoms with Crippen LogP contribution >= 0.6 is 0 Å². The molecule has 0 atom stereocenters. The summed E-state index contributed by atoms with van der Waals surface area (Å²) in [5.74, 6) is -2.06. The van der Waals surface area contributed by atoms with Gasteiger partial charge in [-0.3, -0.25) is 4.79 Å². The van der Waals surface area contributed by atoms with Crippen LogP contribution in [0.15, 0.2) is 72.8 Å². The number of aromatic nitrogens is 1. The van der Waals surface area contributed by atoms with Crippen molar-refractivity contribution in [2.45, 2.75) is 6.18 Å². The van der Waals surface area contributed by atoms with Crippen molar-refractivity contribution in [3.05, 3.63) is 89.6 Å². The van der Waals surface area contributed by atoms with Gasteiger partial charge in [0, 0.05) is 29.2 Å². The summed E-state index contributed by atoms with van der Waals surface area (Å²) in [7, 11) is 1.57. The molecule has 0 aliphatic heterocycles. The summed E-state index contributed by atoms with van der Waals surface area (Å²) in [4.78, 5) is 24.2. The Bertz CT molecular complexity index is 1350. The molecule has 0 aliphatic rings. The second-order valence-corrected chi connectivity index (χ2v) is 7.23. The predicted octanol–water partition coefficient (Wildman–Crippen LogP) is 1.48. The third kappa shape index (κ3) is 4.98. The molecule has 9 heteroatoms. The molecule has 1 N–H and O–H groups in total. The summed E-state index contributed by atoms with van der Waals surface area (Å²) >= 11 is 0. The summed E-state index contributed by atoms with van der Waals surface area (Å²) in [6, 6.07) is 17.8. The third-order valence-corrected chi connectivity index (χ3v) is 5.19. The van der Waals surface area contributed by atoms with Crippen molar-refractivity contribution in [1.29, 1.82) is 0 Å². The van der Waals surface area contributed by atoms with Crippen LogP contribution in [0, 0.1) is 0 Å². The fraction of sp³-hybridized carbons (Fsp3) is 0.0833. The Kier molecular flexibility index (Phi) is 7.02. The largest absolute Gasteiger partial charge is 1.00 e. The van der Waals surface area contributed by atoms with Crippen molar-refractivity contribution in [2.75, 3.05) is 5.32 Å². The number of aromatic carboxylic acids is 1. The molecule has 0 radical (unpaired) electrons. The van der Waals surface area contributed by atoms with Gasteiger partial charge in [0.2, 0.25) is 0 Å². The van der Waals surface area contributed by atoms with E-state index in [1.54, 1.807) is 55.6 Å². The zero-order valence-corrected chi connectivity index (χ0v) is 19.7. The zero-order chi connectivity index (χ0) is 23.0. The van der Waals surface area contributed by atoms with Crippen molar-refractivity contribution in [3.63, 3.8) is 0 Å². The molecule has 4 aromatic rings. The van der Waals surface area contributed by atoms with E-state index in [2.05, 4.69) is 5.32 Å². The Morgan fingerprint density at radius 3 is 2.27 bits per heavy atom. The number of nitrogens with zero attached hydrogens (tertiary/aromatic N) is 1. The number of alkyl halides is 3. The molecule has 3 aromatic carbocycles. The first-order valence-corrected chi connectivity index (χ1v) is 9.54. The van der Waals surface area contributed by atoms with E-state index in [1.165, 1.54) is 16.7 Å². The van der Waals surface area contributed by atoms with Crippen LogP contribution in [0.1, 0.15) is 26.4 Å². The minimum Gasteiger partial charge on any atom is -0.543 e. The van der Waals surface area contributed by atoms with E-state index in [-0.39, 0.29) is 40.8 Å². The van der Waals surface area contributed by atoms with E-state index >= 15 is 0 Å². The quantitative estimate of drug-likeness (QED) is 0.469. The number of amides is 1. The van der Waals surface area contributed by atoms with Gasteiger partial charge in [-0.15, -0.1) is 0 Å². The van der Waals surface area contributed by atoms with Crippen molar-refractivity contribution >= 4 is 28.5 Å². The molecule has 5 nitrogen and oxygen atoms in total. The van der Waals surface area contributed by atoms with Crippen LogP contribution in [0.2, 0.25) is 0 Å². The molecule has 1 aromatic heterocycles. The normalized spacial score (nSPS) is 11.2. The van der Waals surface area contributed by atoms with Gasteiger partial charge in [-0.25, -0.2) is 0 Å². The van der Waals surface area contributed by atoms with E-state index in [0.717, 1.165) is 12.1 Å². The maximum atomic E-state index is 13.3. The first kappa shape index (κ1) is 24.6. The maximum absolute atomic E-state index is 13.3. The summed E-state index contributed by atoms with van der Waals surface area (Å²) in [5, 5.41) is 14.4. The van der Waals surface area contributed by atoms with Gasteiger partial charge in [-0.05, 0) is 47.5 Å². The number of carboxylic acid groups (broad SMARTS) is 1. The number of halogens is 3. The van der Waals surface area contributed by atoms with E-state index < -0.39 is 23.6 Å². The molecule has 0 spiro atoms.